The summed E-state index contributed by atoms with van der Waals surface area (Å²) in [7, 11) is 0. The van der Waals surface area contributed by atoms with Gasteiger partial charge < -0.3 is 5.32 Å². The minimum absolute atomic E-state index is 0.578. The van der Waals surface area contributed by atoms with Crippen LogP contribution in [-0.2, 0) is 6.54 Å². The second kappa shape index (κ2) is 4.66. The quantitative estimate of drug-likeness (QED) is 0.825. The lowest BCUT2D eigenvalue weighted by atomic mass is 10.0. The molecule has 1 N–H and O–H groups in total. The fraction of sp³-hybridized carbons (Fsp3) is 0.600. The highest BCUT2D eigenvalue weighted by Crippen LogP contribution is 2.46. The first-order chi connectivity index (χ1) is 8.33. The number of nitrogens with one attached hydrogen (secondary N) is 1. The maximum absolute atomic E-state index is 3.66. The molecule has 0 heterocycles. The molecular formula is C15H21NS. The maximum Gasteiger partial charge on any atom is 0.0282 e. The van der Waals surface area contributed by atoms with E-state index in [4.69, 9.17) is 0 Å². The minimum Gasteiger partial charge on any atom is -0.311 e. The second-order valence-electron chi connectivity index (χ2n) is 5.46. The molecule has 0 amide bonds. The lowest BCUT2D eigenvalue weighted by Crippen LogP contribution is -2.25. The van der Waals surface area contributed by atoms with Crippen molar-refractivity contribution in [1.29, 1.82) is 0 Å². The van der Waals surface area contributed by atoms with Crippen molar-refractivity contribution >= 4 is 11.8 Å². The van der Waals surface area contributed by atoms with Crippen LogP contribution in [0.1, 0.15) is 42.7 Å². The van der Waals surface area contributed by atoms with Gasteiger partial charge in [0.25, 0.3) is 0 Å². The zero-order chi connectivity index (χ0) is 11.7. The SMILES string of the molecule is CSC1(CNCc2ccccc2C2CC2)CC1. The minimum atomic E-state index is 0.578. The van der Waals surface area contributed by atoms with E-state index in [0.29, 0.717) is 4.75 Å². The fourth-order valence-electron chi connectivity index (χ4n) is 2.51. The van der Waals surface area contributed by atoms with Crippen LogP contribution < -0.4 is 5.32 Å². The van der Waals surface area contributed by atoms with Gasteiger partial charge in [-0.3, -0.25) is 0 Å². The lowest BCUT2D eigenvalue weighted by Gasteiger charge is -2.14. The van der Waals surface area contributed by atoms with Crippen LogP contribution in [0.3, 0.4) is 0 Å². The van der Waals surface area contributed by atoms with Crippen molar-refractivity contribution in [3.63, 3.8) is 0 Å². The van der Waals surface area contributed by atoms with Crippen molar-refractivity contribution in [1.82, 2.24) is 5.32 Å². The Morgan fingerprint density at radius 3 is 2.71 bits per heavy atom. The Morgan fingerprint density at radius 2 is 2.06 bits per heavy atom. The standard InChI is InChI=1S/C15H21NS/c1-17-15(8-9-15)11-16-10-13-4-2-3-5-14(13)12-6-7-12/h2-5,12,16H,6-11H2,1H3. The van der Waals surface area contributed by atoms with Gasteiger partial charge in [-0.25, -0.2) is 0 Å². The third-order valence-electron chi connectivity index (χ3n) is 4.08. The Labute approximate surface area is 108 Å². The molecule has 2 saturated carbocycles. The highest BCUT2D eigenvalue weighted by Gasteiger charge is 2.41. The van der Waals surface area contributed by atoms with Crippen molar-refractivity contribution < 1.29 is 0 Å². The Morgan fingerprint density at radius 1 is 1.29 bits per heavy atom. The van der Waals surface area contributed by atoms with Crippen molar-refractivity contribution in [2.24, 2.45) is 0 Å². The van der Waals surface area contributed by atoms with Crippen LogP contribution in [0.15, 0.2) is 24.3 Å². The summed E-state index contributed by atoms with van der Waals surface area (Å²) in [5.74, 6) is 0.864. The van der Waals surface area contributed by atoms with Gasteiger partial charge in [0.1, 0.15) is 0 Å². The van der Waals surface area contributed by atoms with Gasteiger partial charge >= 0.3 is 0 Å². The van der Waals surface area contributed by atoms with Crippen LogP contribution >= 0.6 is 11.8 Å². The van der Waals surface area contributed by atoms with Gasteiger partial charge in [-0.2, -0.15) is 11.8 Å². The molecule has 0 atom stereocenters. The van der Waals surface area contributed by atoms with Crippen LogP contribution in [0, 0.1) is 0 Å². The van der Waals surface area contributed by atoms with Crippen molar-refractivity contribution in [3.05, 3.63) is 35.4 Å². The number of benzene rings is 1. The Hall–Kier alpha value is -0.470. The Bertz CT molecular complexity index is 394. The highest BCUT2D eigenvalue weighted by molar-refractivity contribution is 8.00. The summed E-state index contributed by atoms with van der Waals surface area (Å²) < 4.78 is 0.578. The molecule has 1 nitrogen and oxygen atoms in total. The molecule has 2 aliphatic carbocycles. The third-order valence-corrected chi connectivity index (χ3v) is 5.49. The number of hydrogen-bond donors (Lipinski definition) is 1. The van der Waals surface area contributed by atoms with Gasteiger partial charge in [0, 0.05) is 17.8 Å². The summed E-state index contributed by atoms with van der Waals surface area (Å²) in [5, 5.41) is 3.66. The fourth-order valence-corrected chi connectivity index (χ4v) is 3.26. The summed E-state index contributed by atoms with van der Waals surface area (Å²) in [6.07, 6.45) is 7.82. The molecule has 17 heavy (non-hydrogen) atoms. The Balaban J connectivity index is 1.57. The van der Waals surface area contributed by atoms with Crippen LogP contribution in [0.5, 0.6) is 0 Å². The molecule has 1 aromatic carbocycles. The van der Waals surface area contributed by atoms with E-state index in [1.165, 1.54) is 37.8 Å². The van der Waals surface area contributed by atoms with E-state index in [2.05, 4.69) is 35.8 Å². The Kier molecular flexibility index (Phi) is 3.18. The van der Waals surface area contributed by atoms with Gasteiger partial charge in [0.15, 0.2) is 0 Å². The van der Waals surface area contributed by atoms with Crippen LogP contribution in [-0.4, -0.2) is 17.5 Å². The first-order valence-corrected chi connectivity index (χ1v) is 7.89. The molecule has 2 heteroatoms. The maximum atomic E-state index is 3.66. The lowest BCUT2D eigenvalue weighted by molar-refractivity contribution is 0.659. The normalized spacial score (nSPS) is 21.5. The number of hydrogen-bond acceptors (Lipinski definition) is 2. The molecule has 0 bridgehead atoms. The van der Waals surface area contributed by atoms with E-state index in [9.17, 15) is 0 Å². The van der Waals surface area contributed by atoms with E-state index >= 15 is 0 Å². The van der Waals surface area contributed by atoms with Gasteiger partial charge in [0.2, 0.25) is 0 Å². The van der Waals surface area contributed by atoms with Gasteiger partial charge in [0.05, 0.1) is 0 Å². The molecule has 0 aromatic heterocycles. The van der Waals surface area contributed by atoms with Gasteiger partial charge in [-0.05, 0) is 49.0 Å². The monoisotopic (exact) mass is 247 g/mol. The summed E-state index contributed by atoms with van der Waals surface area (Å²) >= 11 is 2.03. The predicted molar refractivity (Wildman–Crippen MR) is 75.6 cm³/mol. The molecule has 2 aliphatic rings. The molecule has 3 rings (SSSR count). The number of rotatable bonds is 6. The average molecular weight is 247 g/mol. The molecule has 0 unspecified atom stereocenters. The molecule has 0 radical (unpaired) electrons. The molecule has 0 saturated heterocycles. The van der Waals surface area contributed by atoms with Gasteiger partial charge in [-0.1, -0.05) is 24.3 Å². The van der Waals surface area contributed by atoms with E-state index in [0.717, 1.165) is 12.5 Å². The van der Waals surface area contributed by atoms with E-state index < -0.39 is 0 Å². The van der Waals surface area contributed by atoms with Crippen LogP contribution in [0.2, 0.25) is 0 Å². The molecule has 92 valence electrons. The third kappa shape index (κ3) is 2.69. The molecule has 2 fully saturated rings. The summed E-state index contributed by atoms with van der Waals surface area (Å²) in [6, 6.07) is 8.96. The first-order valence-electron chi connectivity index (χ1n) is 6.67. The molecule has 0 aliphatic heterocycles. The van der Waals surface area contributed by atoms with Crippen molar-refractivity contribution in [3.8, 4) is 0 Å². The summed E-state index contributed by atoms with van der Waals surface area (Å²) in [5.41, 5.74) is 3.11. The predicted octanol–water partition coefficient (Wildman–Crippen LogP) is 3.55. The second-order valence-corrected chi connectivity index (χ2v) is 6.74. The zero-order valence-corrected chi connectivity index (χ0v) is 11.4. The smallest absolute Gasteiger partial charge is 0.0282 e. The summed E-state index contributed by atoms with van der Waals surface area (Å²) in [4.78, 5) is 0. The van der Waals surface area contributed by atoms with E-state index in [1.54, 1.807) is 5.56 Å². The highest BCUT2D eigenvalue weighted by atomic mass is 32.2. The molecule has 1 aromatic rings. The van der Waals surface area contributed by atoms with E-state index in [-0.39, 0.29) is 0 Å². The average Bonchev–Trinajstić information content (AvgIpc) is 3.25. The summed E-state index contributed by atoms with van der Waals surface area (Å²) in [6.45, 7) is 2.22. The van der Waals surface area contributed by atoms with Crippen LogP contribution in [0.4, 0.5) is 0 Å². The largest absolute Gasteiger partial charge is 0.311 e. The van der Waals surface area contributed by atoms with Gasteiger partial charge in [-0.15, -0.1) is 0 Å². The molecule has 0 spiro atoms. The van der Waals surface area contributed by atoms with E-state index in [1.807, 2.05) is 11.8 Å². The zero-order valence-electron chi connectivity index (χ0n) is 10.5. The topological polar surface area (TPSA) is 12.0 Å². The first kappa shape index (κ1) is 11.6. The van der Waals surface area contributed by atoms with Crippen LogP contribution in [0.25, 0.3) is 0 Å². The van der Waals surface area contributed by atoms with Crippen molar-refractivity contribution in [2.75, 3.05) is 12.8 Å². The number of thioether (sulfide) groups is 1. The van der Waals surface area contributed by atoms with Crippen molar-refractivity contribution in [2.45, 2.75) is 42.9 Å². The molecular weight excluding hydrogens is 226 g/mol.